The van der Waals surface area contributed by atoms with E-state index in [4.69, 9.17) is 5.73 Å². The number of aromatic nitrogens is 1. The molecule has 2 heterocycles. The zero-order valence-electron chi connectivity index (χ0n) is 11.9. The molecule has 20 heavy (non-hydrogen) atoms. The summed E-state index contributed by atoms with van der Waals surface area (Å²) in [5.74, 6) is 0. The number of pyridine rings is 1. The zero-order valence-corrected chi connectivity index (χ0v) is 11.9. The highest BCUT2D eigenvalue weighted by Gasteiger charge is 2.18. The first-order chi connectivity index (χ1) is 9.79. The summed E-state index contributed by atoms with van der Waals surface area (Å²) in [6.07, 6.45) is 5.22. The molecule has 0 saturated carbocycles. The third-order valence-corrected chi connectivity index (χ3v) is 4.01. The van der Waals surface area contributed by atoms with Gasteiger partial charge >= 0.3 is 0 Å². The molecular weight excluding hydrogens is 246 g/mol. The van der Waals surface area contributed by atoms with Gasteiger partial charge in [-0.05, 0) is 43.0 Å². The Morgan fingerprint density at radius 3 is 2.85 bits per heavy atom. The average Bonchev–Trinajstić information content (AvgIpc) is 2.54. The van der Waals surface area contributed by atoms with Crippen LogP contribution in [0.3, 0.4) is 0 Å². The van der Waals surface area contributed by atoms with E-state index in [1.54, 1.807) is 0 Å². The van der Waals surface area contributed by atoms with Gasteiger partial charge in [-0.15, -0.1) is 0 Å². The number of nitrogens with two attached hydrogens (primary N) is 1. The van der Waals surface area contributed by atoms with Crippen molar-refractivity contribution in [2.75, 3.05) is 11.4 Å². The Bertz CT molecular complexity index is 577. The van der Waals surface area contributed by atoms with Crippen molar-refractivity contribution < 1.29 is 0 Å². The molecule has 0 aliphatic carbocycles. The molecule has 2 N–H and O–H groups in total. The van der Waals surface area contributed by atoms with Gasteiger partial charge in [0, 0.05) is 18.3 Å². The number of nitrogens with zero attached hydrogens (tertiary/aromatic N) is 2. The van der Waals surface area contributed by atoms with E-state index in [1.807, 2.05) is 6.20 Å². The maximum absolute atomic E-state index is 6.02. The fourth-order valence-electron chi connectivity index (χ4n) is 2.79. The summed E-state index contributed by atoms with van der Waals surface area (Å²) in [5, 5.41) is 0. The van der Waals surface area contributed by atoms with Gasteiger partial charge in [-0.1, -0.05) is 25.1 Å². The molecule has 0 amide bonds. The molecule has 0 bridgehead atoms. The van der Waals surface area contributed by atoms with Gasteiger partial charge < -0.3 is 10.6 Å². The molecule has 104 valence electrons. The fourth-order valence-corrected chi connectivity index (χ4v) is 2.79. The van der Waals surface area contributed by atoms with Gasteiger partial charge in [0.25, 0.3) is 0 Å². The largest absolute Gasteiger partial charge is 0.340 e. The van der Waals surface area contributed by atoms with Crippen molar-refractivity contribution in [2.45, 2.75) is 32.2 Å². The smallest absolute Gasteiger partial charge is 0.0597 e. The summed E-state index contributed by atoms with van der Waals surface area (Å²) in [6.45, 7) is 3.14. The summed E-state index contributed by atoms with van der Waals surface area (Å²) in [4.78, 5) is 6.89. The molecular formula is C17H21N3. The number of hydrogen-bond acceptors (Lipinski definition) is 3. The van der Waals surface area contributed by atoms with E-state index in [0.29, 0.717) is 0 Å². The van der Waals surface area contributed by atoms with E-state index in [1.165, 1.54) is 24.1 Å². The fraction of sp³-hybridized carbons (Fsp3) is 0.353. The van der Waals surface area contributed by atoms with Crippen LogP contribution >= 0.6 is 0 Å². The maximum atomic E-state index is 6.02. The summed E-state index contributed by atoms with van der Waals surface area (Å²) in [7, 11) is 0. The van der Waals surface area contributed by atoms with E-state index in [-0.39, 0.29) is 6.04 Å². The second-order valence-corrected chi connectivity index (χ2v) is 5.34. The highest BCUT2D eigenvalue weighted by Crippen LogP contribution is 2.33. The summed E-state index contributed by atoms with van der Waals surface area (Å²) >= 11 is 0. The molecule has 3 heteroatoms. The molecule has 2 aromatic rings. The lowest BCUT2D eigenvalue weighted by Crippen LogP contribution is -2.24. The molecule has 0 radical (unpaired) electrons. The van der Waals surface area contributed by atoms with Crippen LogP contribution in [0, 0.1) is 0 Å². The molecule has 1 aliphatic heterocycles. The number of aryl methyl sites for hydroxylation is 1. The first-order valence-electron chi connectivity index (χ1n) is 7.36. The Morgan fingerprint density at radius 2 is 2.10 bits per heavy atom. The minimum absolute atomic E-state index is 0.0395. The predicted octanol–water partition coefficient (Wildman–Crippen LogP) is 3.58. The quantitative estimate of drug-likeness (QED) is 0.924. The van der Waals surface area contributed by atoms with Crippen LogP contribution in [-0.2, 0) is 6.42 Å². The number of fused-ring (bicyclic) bond motifs is 1. The van der Waals surface area contributed by atoms with Crippen molar-refractivity contribution in [3.05, 3.63) is 53.9 Å². The van der Waals surface area contributed by atoms with E-state index < -0.39 is 0 Å². The van der Waals surface area contributed by atoms with E-state index in [0.717, 1.165) is 24.3 Å². The van der Waals surface area contributed by atoms with Crippen LogP contribution in [0.5, 0.6) is 0 Å². The predicted molar refractivity (Wildman–Crippen MR) is 83.2 cm³/mol. The lowest BCUT2D eigenvalue weighted by Gasteiger charge is -2.31. The number of para-hydroxylation sites is 1. The molecule has 0 fully saturated rings. The van der Waals surface area contributed by atoms with Gasteiger partial charge in [0.05, 0.1) is 17.6 Å². The minimum atomic E-state index is 0.0395. The minimum Gasteiger partial charge on any atom is -0.340 e. The normalized spacial score (nSPS) is 15.8. The van der Waals surface area contributed by atoms with Crippen molar-refractivity contribution >= 4 is 11.4 Å². The lowest BCUT2D eigenvalue weighted by atomic mass is 10.0. The molecule has 0 saturated heterocycles. The number of anilines is 2. The molecule has 1 aliphatic rings. The van der Waals surface area contributed by atoms with Crippen molar-refractivity contribution in [3.63, 3.8) is 0 Å². The maximum Gasteiger partial charge on any atom is 0.0597 e. The second-order valence-electron chi connectivity index (χ2n) is 5.34. The molecule has 1 aromatic carbocycles. The Kier molecular flexibility index (Phi) is 3.70. The van der Waals surface area contributed by atoms with Crippen molar-refractivity contribution in [2.24, 2.45) is 5.73 Å². The molecule has 0 spiro atoms. The lowest BCUT2D eigenvalue weighted by molar-refractivity contribution is 0.675. The van der Waals surface area contributed by atoms with Gasteiger partial charge in [-0.25, -0.2) is 0 Å². The third-order valence-electron chi connectivity index (χ3n) is 4.01. The Labute approximate surface area is 120 Å². The first kappa shape index (κ1) is 13.1. The van der Waals surface area contributed by atoms with Gasteiger partial charge in [0.1, 0.15) is 0 Å². The standard InChI is InChI=1S/C17H21N3/c1-2-15(18)16-10-9-14(12-19-16)20-11-5-7-13-6-3-4-8-17(13)20/h3-4,6,8-10,12,15H,2,5,7,11,18H2,1H3. The van der Waals surface area contributed by atoms with Crippen LogP contribution in [-0.4, -0.2) is 11.5 Å². The molecule has 1 unspecified atom stereocenters. The highest BCUT2D eigenvalue weighted by molar-refractivity contribution is 5.67. The zero-order chi connectivity index (χ0) is 13.9. The number of benzene rings is 1. The van der Waals surface area contributed by atoms with Gasteiger partial charge in [-0.3, -0.25) is 4.98 Å². The van der Waals surface area contributed by atoms with E-state index >= 15 is 0 Å². The van der Waals surface area contributed by atoms with Crippen LogP contribution < -0.4 is 10.6 Å². The molecule has 3 nitrogen and oxygen atoms in total. The Hall–Kier alpha value is -1.87. The van der Waals surface area contributed by atoms with Crippen LogP contribution in [0.25, 0.3) is 0 Å². The Morgan fingerprint density at radius 1 is 1.25 bits per heavy atom. The number of rotatable bonds is 3. The van der Waals surface area contributed by atoms with Gasteiger partial charge in [-0.2, -0.15) is 0 Å². The highest BCUT2D eigenvalue weighted by atomic mass is 15.1. The van der Waals surface area contributed by atoms with Crippen LogP contribution in [0.4, 0.5) is 11.4 Å². The third kappa shape index (κ3) is 2.41. The summed E-state index contributed by atoms with van der Waals surface area (Å²) in [6, 6.07) is 12.9. The van der Waals surface area contributed by atoms with Gasteiger partial charge in [0.15, 0.2) is 0 Å². The summed E-state index contributed by atoms with van der Waals surface area (Å²) < 4.78 is 0. The average molecular weight is 267 g/mol. The van der Waals surface area contributed by atoms with E-state index in [2.05, 4.69) is 53.2 Å². The van der Waals surface area contributed by atoms with Crippen LogP contribution in [0.15, 0.2) is 42.6 Å². The monoisotopic (exact) mass is 267 g/mol. The van der Waals surface area contributed by atoms with Crippen molar-refractivity contribution in [3.8, 4) is 0 Å². The second kappa shape index (κ2) is 5.63. The van der Waals surface area contributed by atoms with Crippen molar-refractivity contribution in [1.29, 1.82) is 0 Å². The summed E-state index contributed by atoms with van der Waals surface area (Å²) in [5.41, 5.74) is 10.9. The molecule has 3 rings (SSSR count). The SMILES string of the molecule is CCC(N)c1ccc(N2CCCc3ccccc32)cn1. The first-order valence-corrected chi connectivity index (χ1v) is 7.36. The topological polar surface area (TPSA) is 42.1 Å². The van der Waals surface area contributed by atoms with Crippen LogP contribution in [0.2, 0.25) is 0 Å². The molecule has 1 atom stereocenters. The van der Waals surface area contributed by atoms with Crippen molar-refractivity contribution in [1.82, 2.24) is 4.98 Å². The van der Waals surface area contributed by atoms with Gasteiger partial charge in [0.2, 0.25) is 0 Å². The Balaban J connectivity index is 1.91. The van der Waals surface area contributed by atoms with Crippen LogP contribution in [0.1, 0.15) is 37.1 Å². The molecule has 1 aromatic heterocycles. The van der Waals surface area contributed by atoms with E-state index in [9.17, 15) is 0 Å². The number of hydrogen-bond donors (Lipinski definition) is 1.